The third-order valence-electron chi connectivity index (χ3n) is 5.86. The lowest BCUT2D eigenvalue weighted by Crippen LogP contribution is -2.46. The van der Waals surface area contributed by atoms with Gasteiger partial charge in [-0.25, -0.2) is 18.4 Å². The Labute approximate surface area is 172 Å². The summed E-state index contributed by atoms with van der Waals surface area (Å²) in [5.41, 5.74) is 0.760. The topological polar surface area (TPSA) is 110 Å². The Hall–Kier alpha value is -2.13. The van der Waals surface area contributed by atoms with Crippen molar-refractivity contribution in [3.8, 4) is 0 Å². The van der Waals surface area contributed by atoms with Gasteiger partial charge in [0, 0.05) is 32.1 Å². The molecule has 2 aliphatic rings. The zero-order valence-electron chi connectivity index (χ0n) is 17.0. The summed E-state index contributed by atoms with van der Waals surface area (Å²) in [7, 11) is -2.68. The number of carbonyl (C=O) groups is 2. The average Bonchev–Trinajstić information content (AvgIpc) is 2.71. The van der Waals surface area contributed by atoms with Gasteiger partial charge in [-0.2, -0.15) is 0 Å². The number of methoxy groups -OCH3 is 1. The highest BCUT2D eigenvalue weighted by atomic mass is 32.2. The minimum atomic E-state index is -3.93. The summed E-state index contributed by atoms with van der Waals surface area (Å²) in [6.07, 6.45) is 3.63. The number of piperidine rings is 2. The minimum Gasteiger partial charge on any atom is -0.465 e. The molecule has 1 atom stereocenters. The number of amides is 1. The molecule has 1 unspecified atom stereocenters. The van der Waals surface area contributed by atoms with Crippen molar-refractivity contribution in [2.24, 2.45) is 17.0 Å². The molecule has 2 heterocycles. The van der Waals surface area contributed by atoms with E-state index in [-0.39, 0.29) is 22.3 Å². The number of rotatable bonds is 4. The Kier molecular flexibility index (Phi) is 6.48. The van der Waals surface area contributed by atoms with E-state index in [0.29, 0.717) is 37.5 Å². The summed E-state index contributed by atoms with van der Waals surface area (Å²) in [5, 5.41) is 5.19. The fourth-order valence-corrected chi connectivity index (χ4v) is 4.80. The molecule has 2 aliphatic heterocycles. The van der Waals surface area contributed by atoms with Crippen LogP contribution in [-0.4, -0.2) is 58.5 Å². The first-order valence-corrected chi connectivity index (χ1v) is 11.5. The fraction of sp³-hybridized carbons (Fsp3) is 0.600. The number of nitrogens with two attached hydrogens (primary N) is 1. The summed E-state index contributed by atoms with van der Waals surface area (Å²) in [6.45, 7) is 5.07. The number of sulfonamides is 1. The van der Waals surface area contributed by atoms with Gasteiger partial charge >= 0.3 is 5.97 Å². The minimum absolute atomic E-state index is 0.0122. The molecule has 1 aromatic rings. The lowest BCUT2D eigenvalue weighted by molar-refractivity contribution is -0.137. The quantitative estimate of drug-likeness (QED) is 0.737. The van der Waals surface area contributed by atoms with Crippen LogP contribution >= 0.6 is 0 Å². The van der Waals surface area contributed by atoms with Gasteiger partial charge in [-0.3, -0.25) is 4.79 Å². The van der Waals surface area contributed by atoms with Crippen LogP contribution in [0, 0.1) is 11.8 Å². The Morgan fingerprint density at radius 1 is 1.14 bits per heavy atom. The summed E-state index contributed by atoms with van der Waals surface area (Å²) in [5.74, 6) is 0.148. The van der Waals surface area contributed by atoms with Gasteiger partial charge in [0.25, 0.3) is 0 Å². The fourth-order valence-electron chi connectivity index (χ4n) is 4.26. The predicted molar refractivity (Wildman–Crippen MR) is 109 cm³/mol. The molecule has 0 saturated carbocycles. The third-order valence-corrected chi connectivity index (χ3v) is 6.77. The SMILES string of the molecule is COC(=O)c1cc(S(N)(=O)=O)ccc1N1CCC(C(=O)N2CCCC(C)C2)CC1. The highest BCUT2D eigenvalue weighted by molar-refractivity contribution is 7.89. The van der Waals surface area contributed by atoms with Crippen molar-refractivity contribution in [3.63, 3.8) is 0 Å². The molecule has 0 radical (unpaired) electrons. The number of nitrogens with zero attached hydrogens (tertiary/aromatic N) is 2. The molecule has 3 rings (SSSR count). The molecule has 2 N–H and O–H groups in total. The van der Waals surface area contributed by atoms with Gasteiger partial charge in [-0.15, -0.1) is 0 Å². The second-order valence-electron chi connectivity index (χ2n) is 8.01. The van der Waals surface area contributed by atoms with Gasteiger partial charge < -0.3 is 14.5 Å². The summed E-state index contributed by atoms with van der Waals surface area (Å²) >= 11 is 0. The van der Waals surface area contributed by atoms with Crippen LogP contribution in [0.2, 0.25) is 0 Å². The molecule has 1 aromatic carbocycles. The van der Waals surface area contributed by atoms with E-state index >= 15 is 0 Å². The van der Waals surface area contributed by atoms with Gasteiger partial charge in [-0.05, 0) is 49.8 Å². The molecule has 1 amide bonds. The maximum Gasteiger partial charge on any atom is 0.340 e. The number of primary sulfonamides is 1. The zero-order valence-corrected chi connectivity index (χ0v) is 17.8. The van der Waals surface area contributed by atoms with Crippen LogP contribution in [-0.2, 0) is 19.6 Å². The van der Waals surface area contributed by atoms with E-state index in [2.05, 4.69) is 6.92 Å². The number of anilines is 1. The molecule has 2 saturated heterocycles. The number of hydrogen-bond donors (Lipinski definition) is 1. The molecule has 0 bridgehead atoms. The van der Waals surface area contributed by atoms with E-state index in [1.54, 1.807) is 6.07 Å². The number of carbonyl (C=O) groups excluding carboxylic acids is 2. The monoisotopic (exact) mass is 423 g/mol. The van der Waals surface area contributed by atoms with Crippen LogP contribution < -0.4 is 10.0 Å². The van der Waals surface area contributed by atoms with Gasteiger partial charge in [0.05, 0.1) is 23.3 Å². The van der Waals surface area contributed by atoms with Crippen molar-refractivity contribution < 1.29 is 22.7 Å². The van der Waals surface area contributed by atoms with Crippen LogP contribution in [0.1, 0.15) is 43.0 Å². The smallest absolute Gasteiger partial charge is 0.340 e. The van der Waals surface area contributed by atoms with Gasteiger partial charge in [-0.1, -0.05) is 6.92 Å². The number of hydrogen-bond acceptors (Lipinski definition) is 6. The van der Waals surface area contributed by atoms with E-state index < -0.39 is 16.0 Å². The first-order chi connectivity index (χ1) is 13.7. The van der Waals surface area contributed by atoms with Crippen LogP contribution in [0.5, 0.6) is 0 Å². The van der Waals surface area contributed by atoms with Crippen LogP contribution in [0.4, 0.5) is 5.69 Å². The Bertz CT molecular complexity index is 878. The second kappa shape index (κ2) is 8.71. The lowest BCUT2D eigenvalue weighted by Gasteiger charge is -2.38. The van der Waals surface area contributed by atoms with Crippen molar-refractivity contribution >= 4 is 27.6 Å². The maximum absolute atomic E-state index is 12.9. The number of ether oxygens (including phenoxy) is 1. The Morgan fingerprint density at radius 2 is 1.83 bits per heavy atom. The molecule has 2 fully saturated rings. The Balaban J connectivity index is 1.73. The molecule has 9 heteroatoms. The Morgan fingerprint density at radius 3 is 2.41 bits per heavy atom. The zero-order chi connectivity index (χ0) is 21.2. The highest BCUT2D eigenvalue weighted by Gasteiger charge is 2.31. The van der Waals surface area contributed by atoms with E-state index in [9.17, 15) is 18.0 Å². The van der Waals surface area contributed by atoms with Gasteiger partial charge in [0.15, 0.2) is 0 Å². The van der Waals surface area contributed by atoms with Gasteiger partial charge in [0.2, 0.25) is 15.9 Å². The third kappa shape index (κ3) is 4.90. The molecule has 0 aromatic heterocycles. The first-order valence-electron chi connectivity index (χ1n) is 9.99. The normalized spacial score (nSPS) is 21.1. The lowest BCUT2D eigenvalue weighted by atomic mass is 9.92. The summed E-state index contributed by atoms with van der Waals surface area (Å²) in [4.78, 5) is 29.0. The molecule has 0 aliphatic carbocycles. The molecule has 29 heavy (non-hydrogen) atoms. The molecule has 160 valence electrons. The largest absolute Gasteiger partial charge is 0.465 e. The van der Waals surface area contributed by atoms with Crippen molar-refractivity contribution in [1.29, 1.82) is 0 Å². The summed E-state index contributed by atoms with van der Waals surface area (Å²) < 4.78 is 28.1. The maximum atomic E-state index is 12.9. The van der Waals surface area contributed by atoms with Crippen molar-refractivity contribution in [1.82, 2.24) is 4.90 Å². The molecule has 0 spiro atoms. The number of benzene rings is 1. The van der Waals surface area contributed by atoms with E-state index in [1.165, 1.54) is 25.7 Å². The van der Waals surface area contributed by atoms with Crippen LogP contribution in [0.15, 0.2) is 23.1 Å². The van der Waals surface area contributed by atoms with Crippen LogP contribution in [0.25, 0.3) is 0 Å². The van der Waals surface area contributed by atoms with E-state index in [4.69, 9.17) is 9.88 Å². The molecule has 8 nitrogen and oxygen atoms in total. The van der Waals surface area contributed by atoms with Crippen molar-refractivity contribution in [2.75, 3.05) is 38.2 Å². The highest BCUT2D eigenvalue weighted by Crippen LogP contribution is 2.30. The van der Waals surface area contributed by atoms with Crippen LogP contribution in [0.3, 0.4) is 0 Å². The second-order valence-corrected chi connectivity index (χ2v) is 9.57. The summed E-state index contributed by atoms with van der Waals surface area (Å²) in [6, 6.07) is 4.23. The average molecular weight is 424 g/mol. The predicted octanol–water partition coefficient (Wildman–Crippen LogP) is 1.60. The van der Waals surface area contributed by atoms with E-state index in [1.807, 2.05) is 9.80 Å². The van der Waals surface area contributed by atoms with Gasteiger partial charge in [0.1, 0.15) is 0 Å². The molecular weight excluding hydrogens is 394 g/mol. The molecular formula is C20H29N3O5S. The standard InChI is InChI=1S/C20H29N3O5S/c1-14-4-3-9-23(13-14)19(24)15-7-10-22(11-8-15)18-6-5-16(29(21,26)27)12-17(18)20(25)28-2/h5-6,12,14-15H,3-4,7-11,13H2,1-2H3,(H2,21,26,27). The number of esters is 1. The van der Waals surface area contributed by atoms with E-state index in [0.717, 1.165) is 19.5 Å². The van der Waals surface area contributed by atoms with Crippen molar-refractivity contribution in [2.45, 2.75) is 37.5 Å². The number of likely N-dealkylation sites (tertiary alicyclic amines) is 1. The first kappa shape index (κ1) is 21.6. The van der Waals surface area contributed by atoms with Crippen molar-refractivity contribution in [3.05, 3.63) is 23.8 Å².